The SMILES string of the molecule is CC1CCN(CCN2CCC(NC(=O)OC(C)(C)C)CC2)CC1. The first-order valence-electron chi connectivity index (χ1n) is 9.26. The lowest BCUT2D eigenvalue weighted by molar-refractivity contribution is 0.0476. The van der Waals surface area contributed by atoms with Crippen molar-refractivity contribution in [2.24, 2.45) is 5.92 Å². The third kappa shape index (κ3) is 7.08. The molecule has 0 aromatic carbocycles. The van der Waals surface area contributed by atoms with E-state index in [-0.39, 0.29) is 12.1 Å². The van der Waals surface area contributed by atoms with E-state index in [1.165, 1.54) is 32.5 Å². The van der Waals surface area contributed by atoms with E-state index in [0.717, 1.165) is 38.4 Å². The Morgan fingerprint density at radius 2 is 1.48 bits per heavy atom. The minimum absolute atomic E-state index is 0.261. The van der Waals surface area contributed by atoms with E-state index in [4.69, 9.17) is 4.74 Å². The van der Waals surface area contributed by atoms with Crippen LogP contribution in [0.15, 0.2) is 0 Å². The molecule has 2 saturated heterocycles. The Bertz CT molecular complexity index is 365. The highest BCUT2D eigenvalue weighted by Gasteiger charge is 2.24. The van der Waals surface area contributed by atoms with Gasteiger partial charge in [-0.05, 0) is 65.5 Å². The van der Waals surface area contributed by atoms with E-state index in [0.29, 0.717) is 0 Å². The van der Waals surface area contributed by atoms with Gasteiger partial charge in [-0.3, -0.25) is 0 Å². The van der Waals surface area contributed by atoms with Gasteiger partial charge in [0, 0.05) is 32.2 Å². The first-order chi connectivity index (χ1) is 10.8. The van der Waals surface area contributed by atoms with Crippen molar-refractivity contribution in [2.45, 2.75) is 65.0 Å². The van der Waals surface area contributed by atoms with E-state index in [1.807, 2.05) is 20.8 Å². The van der Waals surface area contributed by atoms with Gasteiger partial charge in [0.25, 0.3) is 0 Å². The molecule has 0 saturated carbocycles. The lowest BCUT2D eigenvalue weighted by atomic mass is 9.99. The van der Waals surface area contributed by atoms with Crippen molar-refractivity contribution in [2.75, 3.05) is 39.3 Å². The van der Waals surface area contributed by atoms with E-state index in [2.05, 4.69) is 22.0 Å². The van der Waals surface area contributed by atoms with E-state index >= 15 is 0 Å². The summed E-state index contributed by atoms with van der Waals surface area (Å²) in [6.07, 6.45) is 4.47. The molecule has 2 aliphatic rings. The predicted molar refractivity (Wildman–Crippen MR) is 93.7 cm³/mol. The van der Waals surface area contributed by atoms with Crippen LogP contribution in [0.4, 0.5) is 4.79 Å². The van der Waals surface area contributed by atoms with Crippen LogP contribution < -0.4 is 5.32 Å². The van der Waals surface area contributed by atoms with Gasteiger partial charge in [-0.15, -0.1) is 0 Å². The molecule has 0 bridgehead atoms. The zero-order valence-corrected chi connectivity index (χ0v) is 15.4. The minimum Gasteiger partial charge on any atom is -0.444 e. The molecule has 0 atom stereocenters. The van der Waals surface area contributed by atoms with Crippen LogP contribution in [-0.4, -0.2) is 66.8 Å². The number of nitrogens with zero attached hydrogens (tertiary/aromatic N) is 2. The highest BCUT2D eigenvalue weighted by molar-refractivity contribution is 5.68. The molecule has 1 amide bonds. The molecule has 2 heterocycles. The monoisotopic (exact) mass is 325 g/mol. The summed E-state index contributed by atoms with van der Waals surface area (Å²) in [7, 11) is 0. The fourth-order valence-corrected chi connectivity index (χ4v) is 3.34. The molecule has 23 heavy (non-hydrogen) atoms. The number of carbonyl (C=O) groups is 1. The smallest absolute Gasteiger partial charge is 0.407 e. The van der Waals surface area contributed by atoms with Crippen LogP contribution in [0.3, 0.4) is 0 Å². The quantitative estimate of drug-likeness (QED) is 0.863. The number of hydrogen-bond donors (Lipinski definition) is 1. The predicted octanol–water partition coefficient (Wildman–Crippen LogP) is 2.71. The fraction of sp³-hybridized carbons (Fsp3) is 0.944. The average molecular weight is 325 g/mol. The number of rotatable bonds is 4. The summed E-state index contributed by atoms with van der Waals surface area (Å²) in [6, 6.07) is 0.261. The zero-order valence-electron chi connectivity index (χ0n) is 15.4. The summed E-state index contributed by atoms with van der Waals surface area (Å²) >= 11 is 0. The maximum atomic E-state index is 11.8. The summed E-state index contributed by atoms with van der Waals surface area (Å²) in [4.78, 5) is 16.9. The molecule has 0 aromatic heterocycles. The summed E-state index contributed by atoms with van der Waals surface area (Å²) in [6.45, 7) is 15.1. The normalized spacial score (nSPS) is 23.0. The molecular weight excluding hydrogens is 290 g/mol. The van der Waals surface area contributed by atoms with Crippen molar-refractivity contribution in [3.63, 3.8) is 0 Å². The van der Waals surface area contributed by atoms with Gasteiger partial charge in [0.1, 0.15) is 5.60 Å². The molecular formula is C18H35N3O2. The number of carbonyl (C=O) groups excluding carboxylic acids is 1. The lowest BCUT2D eigenvalue weighted by Gasteiger charge is -2.35. The van der Waals surface area contributed by atoms with Gasteiger partial charge >= 0.3 is 6.09 Å². The van der Waals surface area contributed by atoms with Gasteiger partial charge in [-0.1, -0.05) is 6.92 Å². The number of ether oxygens (including phenoxy) is 1. The number of amides is 1. The molecule has 5 nitrogen and oxygen atoms in total. The second-order valence-corrected chi connectivity index (χ2v) is 8.29. The number of likely N-dealkylation sites (tertiary alicyclic amines) is 2. The van der Waals surface area contributed by atoms with Crippen LogP contribution in [0, 0.1) is 5.92 Å². The Morgan fingerprint density at radius 1 is 1.00 bits per heavy atom. The van der Waals surface area contributed by atoms with E-state index in [9.17, 15) is 4.79 Å². The van der Waals surface area contributed by atoms with Crippen molar-refractivity contribution in [1.29, 1.82) is 0 Å². The number of hydrogen-bond acceptors (Lipinski definition) is 4. The minimum atomic E-state index is -0.420. The molecule has 0 aliphatic carbocycles. The molecule has 5 heteroatoms. The first kappa shape index (κ1) is 18.5. The van der Waals surface area contributed by atoms with Crippen LogP contribution in [0.2, 0.25) is 0 Å². The highest BCUT2D eigenvalue weighted by atomic mass is 16.6. The molecule has 134 valence electrons. The van der Waals surface area contributed by atoms with Crippen molar-refractivity contribution >= 4 is 6.09 Å². The zero-order chi connectivity index (χ0) is 16.9. The summed E-state index contributed by atoms with van der Waals surface area (Å²) in [5.74, 6) is 0.904. The molecule has 2 aliphatic heterocycles. The van der Waals surface area contributed by atoms with Crippen LogP contribution in [0.1, 0.15) is 53.4 Å². The summed E-state index contributed by atoms with van der Waals surface area (Å²) in [5, 5.41) is 3.01. The Labute approximate surface area is 141 Å². The molecule has 0 unspecified atom stereocenters. The topological polar surface area (TPSA) is 44.8 Å². The van der Waals surface area contributed by atoms with Crippen molar-refractivity contribution in [3.8, 4) is 0 Å². The molecule has 0 radical (unpaired) electrons. The highest BCUT2D eigenvalue weighted by Crippen LogP contribution is 2.16. The Morgan fingerprint density at radius 3 is 1.96 bits per heavy atom. The third-order valence-corrected chi connectivity index (χ3v) is 4.92. The van der Waals surface area contributed by atoms with E-state index in [1.54, 1.807) is 0 Å². The maximum absolute atomic E-state index is 11.8. The number of nitrogens with one attached hydrogen (secondary N) is 1. The molecule has 2 rings (SSSR count). The Kier molecular flexibility index (Phi) is 6.72. The first-order valence-corrected chi connectivity index (χ1v) is 9.26. The van der Waals surface area contributed by atoms with Gasteiger partial charge in [0.2, 0.25) is 0 Å². The standard InChI is InChI=1S/C18H35N3O2/c1-15-5-9-20(10-6-15)13-14-21-11-7-16(8-12-21)19-17(22)23-18(2,3)4/h15-16H,5-14H2,1-4H3,(H,19,22). The van der Waals surface area contributed by atoms with Crippen LogP contribution in [0.5, 0.6) is 0 Å². The molecule has 2 fully saturated rings. The fourth-order valence-electron chi connectivity index (χ4n) is 3.34. The summed E-state index contributed by atoms with van der Waals surface area (Å²) in [5.41, 5.74) is -0.420. The van der Waals surface area contributed by atoms with Crippen LogP contribution in [0.25, 0.3) is 0 Å². The molecule has 1 N–H and O–H groups in total. The maximum Gasteiger partial charge on any atom is 0.407 e. The molecule has 0 aromatic rings. The third-order valence-electron chi connectivity index (χ3n) is 4.92. The second kappa shape index (κ2) is 8.34. The van der Waals surface area contributed by atoms with Gasteiger partial charge < -0.3 is 19.9 Å². The van der Waals surface area contributed by atoms with Crippen LogP contribution >= 0.6 is 0 Å². The summed E-state index contributed by atoms with van der Waals surface area (Å²) < 4.78 is 5.33. The van der Waals surface area contributed by atoms with Crippen molar-refractivity contribution in [1.82, 2.24) is 15.1 Å². The number of piperidine rings is 2. The second-order valence-electron chi connectivity index (χ2n) is 8.29. The van der Waals surface area contributed by atoms with E-state index < -0.39 is 5.60 Å². The van der Waals surface area contributed by atoms with Gasteiger partial charge in [-0.2, -0.15) is 0 Å². The van der Waals surface area contributed by atoms with Crippen molar-refractivity contribution < 1.29 is 9.53 Å². The molecule has 0 spiro atoms. The Hall–Kier alpha value is -0.810. The van der Waals surface area contributed by atoms with Gasteiger partial charge in [0.05, 0.1) is 0 Å². The van der Waals surface area contributed by atoms with Crippen LogP contribution in [-0.2, 0) is 4.74 Å². The van der Waals surface area contributed by atoms with Gasteiger partial charge in [-0.25, -0.2) is 4.79 Å². The Balaban J connectivity index is 1.59. The number of alkyl carbamates (subject to hydrolysis) is 1. The largest absolute Gasteiger partial charge is 0.444 e. The average Bonchev–Trinajstić information content (AvgIpc) is 2.46. The van der Waals surface area contributed by atoms with Crippen molar-refractivity contribution in [3.05, 3.63) is 0 Å². The van der Waals surface area contributed by atoms with Gasteiger partial charge in [0.15, 0.2) is 0 Å². The lowest BCUT2D eigenvalue weighted by Crippen LogP contribution is -2.48.